The Morgan fingerprint density at radius 2 is 1.59 bits per heavy atom. The first-order valence-corrected chi connectivity index (χ1v) is 10.9. The highest BCUT2D eigenvalue weighted by atomic mass is 16.2. The number of piperidine rings is 1. The number of carbonyl (C=O) groups is 2. The maximum atomic E-state index is 12.8. The molecule has 6 nitrogen and oxygen atoms in total. The third-order valence-electron chi connectivity index (χ3n) is 5.81. The van der Waals surface area contributed by atoms with Gasteiger partial charge in [-0.2, -0.15) is 5.10 Å². The van der Waals surface area contributed by atoms with E-state index in [1.807, 2.05) is 82.5 Å². The summed E-state index contributed by atoms with van der Waals surface area (Å²) in [5, 5.41) is 4.79. The first-order chi connectivity index (χ1) is 15.5. The van der Waals surface area contributed by atoms with Gasteiger partial charge in [0.15, 0.2) is 0 Å². The van der Waals surface area contributed by atoms with Crippen molar-refractivity contribution in [3.63, 3.8) is 0 Å². The van der Waals surface area contributed by atoms with Crippen molar-refractivity contribution in [2.24, 2.45) is 5.92 Å². The Kier molecular flexibility index (Phi) is 6.50. The van der Waals surface area contributed by atoms with Crippen LogP contribution in [0.2, 0.25) is 0 Å². The standard InChI is InChI=1S/C26H28N4O2/c1-28(2)26(32)21-15-17-29(18-16-21)24(31)14-13-22-19-30(23-11-7-4-8-12-23)27-25(22)20-9-5-3-6-10-20/h3-14,19,21H,15-18H2,1-2H3. The quantitative estimate of drug-likeness (QED) is 0.580. The molecule has 1 aliphatic rings. The van der Waals surface area contributed by atoms with Crippen LogP contribution in [0.4, 0.5) is 0 Å². The van der Waals surface area contributed by atoms with Gasteiger partial charge in [0.05, 0.1) is 11.4 Å². The first-order valence-electron chi connectivity index (χ1n) is 10.9. The molecule has 164 valence electrons. The van der Waals surface area contributed by atoms with E-state index in [4.69, 9.17) is 5.10 Å². The number of hydrogen-bond acceptors (Lipinski definition) is 3. The predicted octanol–water partition coefficient (Wildman–Crippen LogP) is 3.88. The molecule has 0 atom stereocenters. The van der Waals surface area contributed by atoms with Crippen molar-refractivity contribution in [2.45, 2.75) is 12.8 Å². The van der Waals surface area contributed by atoms with Gasteiger partial charge >= 0.3 is 0 Å². The molecular formula is C26H28N4O2. The van der Waals surface area contributed by atoms with Gasteiger partial charge in [-0.05, 0) is 31.1 Å². The number of para-hydroxylation sites is 1. The minimum atomic E-state index is -0.0350. The van der Waals surface area contributed by atoms with Gasteiger partial charge in [0, 0.05) is 56.5 Å². The molecule has 0 radical (unpaired) electrons. The molecule has 1 fully saturated rings. The smallest absolute Gasteiger partial charge is 0.246 e. The molecule has 2 heterocycles. The highest BCUT2D eigenvalue weighted by Crippen LogP contribution is 2.25. The van der Waals surface area contributed by atoms with Crippen LogP contribution >= 0.6 is 0 Å². The number of rotatable bonds is 5. The Morgan fingerprint density at radius 3 is 2.22 bits per heavy atom. The Labute approximate surface area is 188 Å². The number of nitrogens with zero attached hydrogens (tertiary/aromatic N) is 4. The van der Waals surface area contributed by atoms with E-state index in [-0.39, 0.29) is 17.7 Å². The number of likely N-dealkylation sites (tertiary alicyclic amines) is 1. The third kappa shape index (κ3) is 4.80. The maximum absolute atomic E-state index is 12.8. The van der Waals surface area contributed by atoms with Crippen molar-refractivity contribution in [1.29, 1.82) is 0 Å². The van der Waals surface area contributed by atoms with Gasteiger partial charge in [-0.25, -0.2) is 4.68 Å². The van der Waals surface area contributed by atoms with Crippen LogP contribution in [0.1, 0.15) is 18.4 Å². The first kappa shape index (κ1) is 21.6. The number of aromatic nitrogens is 2. The lowest BCUT2D eigenvalue weighted by molar-refractivity contribution is -0.137. The van der Waals surface area contributed by atoms with Crippen LogP contribution in [-0.2, 0) is 9.59 Å². The zero-order valence-electron chi connectivity index (χ0n) is 18.5. The molecule has 1 aliphatic heterocycles. The summed E-state index contributed by atoms with van der Waals surface area (Å²) >= 11 is 0. The molecular weight excluding hydrogens is 400 g/mol. The Morgan fingerprint density at radius 1 is 0.969 bits per heavy atom. The molecule has 32 heavy (non-hydrogen) atoms. The maximum Gasteiger partial charge on any atom is 0.246 e. The average molecular weight is 429 g/mol. The molecule has 0 unspecified atom stereocenters. The van der Waals surface area contributed by atoms with Crippen LogP contribution < -0.4 is 0 Å². The van der Waals surface area contributed by atoms with Gasteiger partial charge < -0.3 is 9.80 Å². The molecule has 0 bridgehead atoms. The lowest BCUT2D eigenvalue weighted by Gasteiger charge is -2.31. The van der Waals surface area contributed by atoms with E-state index in [0.29, 0.717) is 25.9 Å². The molecule has 0 spiro atoms. The number of hydrogen-bond donors (Lipinski definition) is 0. The topological polar surface area (TPSA) is 58.4 Å². The van der Waals surface area contributed by atoms with Crippen LogP contribution in [0.15, 0.2) is 72.9 Å². The van der Waals surface area contributed by atoms with Crippen molar-refractivity contribution in [2.75, 3.05) is 27.2 Å². The van der Waals surface area contributed by atoms with Gasteiger partial charge in [0.1, 0.15) is 0 Å². The van der Waals surface area contributed by atoms with Crippen LogP contribution in [0, 0.1) is 5.92 Å². The van der Waals surface area contributed by atoms with Crippen molar-refractivity contribution in [1.82, 2.24) is 19.6 Å². The summed E-state index contributed by atoms with van der Waals surface area (Å²) in [4.78, 5) is 28.5. The van der Waals surface area contributed by atoms with E-state index in [1.165, 1.54) is 0 Å². The molecule has 0 aliphatic carbocycles. The van der Waals surface area contributed by atoms with Crippen LogP contribution in [0.3, 0.4) is 0 Å². The Hall–Kier alpha value is -3.67. The highest BCUT2D eigenvalue weighted by Gasteiger charge is 2.27. The van der Waals surface area contributed by atoms with Crippen LogP contribution in [0.5, 0.6) is 0 Å². The SMILES string of the molecule is CN(C)C(=O)C1CCN(C(=O)C=Cc2cn(-c3ccccc3)nc2-c2ccccc2)CC1. The van der Waals surface area contributed by atoms with Gasteiger partial charge in [-0.3, -0.25) is 9.59 Å². The van der Waals surface area contributed by atoms with E-state index >= 15 is 0 Å². The minimum Gasteiger partial charge on any atom is -0.349 e. The molecule has 1 saturated heterocycles. The summed E-state index contributed by atoms with van der Waals surface area (Å²) in [7, 11) is 3.56. The van der Waals surface area contributed by atoms with Crippen molar-refractivity contribution in [3.8, 4) is 16.9 Å². The molecule has 4 rings (SSSR count). The van der Waals surface area contributed by atoms with Gasteiger partial charge in [-0.15, -0.1) is 0 Å². The molecule has 6 heteroatoms. The number of amides is 2. The summed E-state index contributed by atoms with van der Waals surface area (Å²) in [5.41, 5.74) is 3.67. The zero-order chi connectivity index (χ0) is 22.5. The van der Waals surface area contributed by atoms with Crippen molar-refractivity contribution < 1.29 is 9.59 Å². The molecule has 2 amide bonds. The summed E-state index contributed by atoms with van der Waals surface area (Å²) in [6.07, 6.45) is 6.82. The fourth-order valence-corrected chi connectivity index (χ4v) is 4.02. The molecule has 0 saturated carbocycles. The third-order valence-corrected chi connectivity index (χ3v) is 5.81. The highest BCUT2D eigenvalue weighted by molar-refractivity contribution is 5.93. The second-order valence-corrected chi connectivity index (χ2v) is 8.24. The normalized spacial score (nSPS) is 14.6. The van der Waals surface area contributed by atoms with E-state index in [1.54, 1.807) is 25.1 Å². The van der Waals surface area contributed by atoms with E-state index in [9.17, 15) is 9.59 Å². The molecule has 3 aromatic rings. The van der Waals surface area contributed by atoms with Crippen LogP contribution in [-0.4, -0.2) is 58.6 Å². The summed E-state index contributed by atoms with van der Waals surface area (Å²) < 4.78 is 1.84. The fraction of sp³-hybridized carbons (Fsp3) is 0.269. The van der Waals surface area contributed by atoms with E-state index in [2.05, 4.69) is 0 Å². The Balaban J connectivity index is 1.52. The van der Waals surface area contributed by atoms with Gasteiger partial charge in [0.2, 0.25) is 11.8 Å². The lowest BCUT2D eigenvalue weighted by Crippen LogP contribution is -2.42. The minimum absolute atomic E-state index is 0.00631. The van der Waals surface area contributed by atoms with Crippen molar-refractivity contribution in [3.05, 3.63) is 78.5 Å². The fourth-order valence-electron chi connectivity index (χ4n) is 4.02. The average Bonchev–Trinajstić information content (AvgIpc) is 3.27. The second kappa shape index (κ2) is 9.64. The van der Waals surface area contributed by atoms with Crippen molar-refractivity contribution >= 4 is 17.9 Å². The summed E-state index contributed by atoms with van der Waals surface area (Å²) in [5.74, 6) is 0.118. The van der Waals surface area contributed by atoms with Gasteiger partial charge in [-0.1, -0.05) is 48.5 Å². The number of benzene rings is 2. The van der Waals surface area contributed by atoms with E-state index < -0.39 is 0 Å². The summed E-state index contributed by atoms with van der Waals surface area (Å²) in [6.45, 7) is 1.20. The monoisotopic (exact) mass is 428 g/mol. The summed E-state index contributed by atoms with van der Waals surface area (Å²) in [6, 6.07) is 19.9. The molecule has 1 aromatic heterocycles. The van der Waals surface area contributed by atoms with Crippen LogP contribution in [0.25, 0.3) is 23.0 Å². The molecule has 2 aromatic carbocycles. The van der Waals surface area contributed by atoms with Gasteiger partial charge in [0.25, 0.3) is 0 Å². The van der Waals surface area contributed by atoms with E-state index in [0.717, 1.165) is 22.5 Å². The zero-order valence-corrected chi connectivity index (χ0v) is 18.5. The lowest BCUT2D eigenvalue weighted by atomic mass is 9.95. The predicted molar refractivity (Wildman–Crippen MR) is 126 cm³/mol. The second-order valence-electron chi connectivity index (χ2n) is 8.24. The molecule has 0 N–H and O–H groups in total. The largest absolute Gasteiger partial charge is 0.349 e. The number of carbonyl (C=O) groups excluding carboxylic acids is 2. The Bertz CT molecular complexity index is 1100.